The number of nitrogens with two attached hydrogens (primary N) is 1. The molecule has 1 aromatic carbocycles. The van der Waals surface area contributed by atoms with Crippen molar-refractivity contribution in [3.63, 3.8) is 0 Å². The van der Waals surface area contributed by atoms with Crippen LogP contribution in [0.3, 0.4) is 0 Å². The third kappa shape index (κ3) is 5.76. The van der Waals surface area contributed by atoms with E-state index in [4.69, 9.17) is 10.5 Å². The van der Waals surface area contributed by atoms with Gasteiger partial charge in [0.1, 0.15) is 5.75 Å². The first-order valence-electron chi connectivity index (χ1n) is 5.92. The highest BCUT2D eigenvalue weighted by Crippen LogP contribution is 2.15. The van der Waals surface area contributed by atoms with Crippen LogP contribution >= 0.6 is 0 Å². The van der Waals surface area contributed by atoms with Crippen molar-refractivity contribution in [2.45, 2.75) is 26.2 Å². The van der Waals surface area contributed by atoms with Crippen molar-refractivity contribution < 1.29 is 9.53 Å². The molecule has 0 fully saturated rings. The molecule has 0 radical (unpaired) electrons. The largest absolute Gasteiger partial charge is 0.494 e. The zero-order valence-corrected chi connectivity index (χ0v) is 10.2. The summed E-state index contributed by atoms with van der Waals surface area (Å²) in [7, 11) is 0. The van der Waals surface area contributed by atoms with E-state index in [2.05, 4.69) is 6.92 Å². The lowest BCUT2D eigenvalue weighted by Gasteiger charge is -2.06. The molecule has 1 amide bonds. The molecule has 0 unspecified atom stereocenters. The van der Waals surface area contributed by atoms with E-state index >= 15 is 0 Å². The normalized spacial score (nSPS) is 10.6. The molecule has 0 atom stereocenters. The van der Waals surface area contributed by atoms with Gasteiger partial charge in [0.25, 0.3) is 0 Å². The molecule has 0 heterocycles. The van der Waals surface area contributed by atoms with Gasteiger partial charge in [-0.1, -0.05) is 31.9 Å². The number of ether oxygens (including phenoxy) is 1. The monoisotopic (exact) mass is 233 g/mol. The minimum Gasteiger partial charge on any atom is -0.494 e. The van der Waals surface area contributed by atoms with Gasteiger partial charge in [-0.3, -0.25) is 4.79 Å². The molecule has 0 aliphatic heterocycles. The standard InChI is InChI=1S/C14H19NO2/c1-2-3-4-10-17-13-7-5-6-12(11-13)8-9-14(15)16/h5-9,11H,2-4,10H2,1H3,(H2,15,16)/b9-8-. The average molecular weight is 233 g/mol. The van der Waals surface area contributed by atoms with Gasteiger partial charge in [-0.25, -0.2) is 0 Å². The number of unbranched alkanes of at least 4 members (excludes halogenated alkanes) is 2. The molecule has 3 heteroatoms. The number of hydrogen-bond donors (Lipinski definition) is 1. The van der Waals surface area contributed by atoms with Crippen molar-refractivity contribution in [2.75, 3.05) is 6.61 Å². The summed E-state index contributed by atoms with van der Waals surface area (Å²) in [5.41, 5.74) is 5.95. The highest BCUT2D eigenvalue weighted by Gasteiger charge is 1.95. The molecular formula is C14H19NO2. The van der Waals surface area contributed by atoms with Crippen LogP contribution in [-0.2, 0) is 4.79 Å². The molecular weight excluding hydrogens is 214 g/mol. The lowest BCUT2D eigenvalue weighted by Crippen LogP contribution is -2.05. The van der Waals surface area contributed by atoms with Crippen molar-refractivity contribution in [3.8, 4) is 5.75 Å². The van der Waals surface area contributed by atoms with Crippen LogP contribution in [0.5, 0.6) is 5.75 Å². The maximum atomic E-state index is 10.6. The Kier molecular flexibility index (Phi) is 5.86. The van der Waals surface area contributed by atoms with Gasteiger partial charge in [0, 0.05) is 6.08 Å². The second-order valence-electron chi connectivity index (χ2n) is 3.86. The summed E-state index contributed by atoms with van der Waals surface area (Å²) in [5, 5.41) is 0. The van der Waals surface area contributed by atoms with Gasteiger partial charge in [-0.05, 0) is 30.2 Å². The number of amides is 1. The molecule has 1 rings (SSSR count). The molecule has 0 bridgehead atoms. The first-order valence-corrected chi connectivity index (χ1v) is 5.92. The van der Waals surface area contributed by atoms with Crippen LogP contribution in [-0.4, -0.2) is 12.5 Å². The van der Waals surface area contributed by atoms with Crippen LogP contribution in [0.25, 0.3) is 6.08 Å². The highest BCUT2D eigenvalue weighted by molar-refractivity contribution is 5.90. The van der Waals surface area contributed by atoms with E-state index in [9.17, 15) is 4.79 Å². The number of primary amides is 1. The Balaban J connectivity index is 2.50. The van der Waals surface area contributed by atoms with Crippen molar-refractivity contribution in [2.24, 2.45) is 5.73 Å². The van der Waals surface area contributed by atoms with E-state index in [1.165, 1.54) is 18.9 Å². The van der Waals surface area contributed by atoms with Gasteiger partial charge >= 0.3 is 0 Å². The van der Waals surface area contributed by atoms with E-state index in [1.807, 2.05) is 24.3 Å². The fraction of sp³-hybridized carbons (Fsp3) is 0.357. The summed E-state index contributed by atoms with van der Waals surface area (Å²) in [6.07, 6.45) is 6.46. The highest BCUT2D eigenvalue weighted by atomic mass is 16.5. The first-order chi connectivity index (χ1) is 8.22. The van der Waals surface area contributed by atoms with Crippen molar-refractivity contribution in [1.29, 1.82) is 0 Å². The van der Waals surface area contributed by atoms with E-state index in [1.54, 1.807) is 6.08 Å². The average Bonchev–Trinajstić information content (AvgIpc) is 2.33. The second kappa shape index (κ2) is 7.49. The Labute approximate surface area is 102 Å². The topological polar surface area (TPSA) is 52.3 Å². The summed E-state index contributed by atoms with van der Waals surface area (Å²) < 4.78 is 5.61. The lowest BCUT2D eigenvalue weighted by molar-refractivity contribution is -0.113. The number of carbonyl (C=O) groups is 1. The zero-order chi connectivity index (χ0) is 12.5. The smallest absolute Gasteiger partial charge is 0.241 e. The van der Waals surface area contributed by atoms with E-state index in [0.717, 1.165) is 24.3 Å². The minimum absolute atomic E-state index is 0.445. The Morgan fingerprint density at radius 2 is 2.24 bits per heavy atom. The molecule has 0 spiro atoms. The molecule has 0 aromatic heterocycles. The van der Waals surface area contributed by atoms with E-state index < -0.39 is 5.91 Å². The Morgan fingerprint density at radius 3 is 2.94 bits per heavy atom. The van der Waals surface area contributed by atoms with Gasteiger partial charge in [0.15, 0.2) is 0 Å². The van der Waals surface area contributed by atoms with Crippen molar-refractivity contribution in [3.05, 3.63) is 35.9 Å². The Bertz CT molecular complexity index is 386. The summed E-state index contributed by atoms with van der Waals surface area (Å²) in [6.45, 7) is 2.89. The maximum Gasteiger partial charge on any atom is 0.241 e. The van der Waals surface area contributed by atoms with Gasteiger partial charge in [0.05, 0.1) is 6.61 Å². The molecule has 17 heavy (non-hydrogen) atoms. The third-order valence-corrected chi connectivity index (χ3v) is 2.31. The molecule has 2 N–H and O–H groups in total. The van der Waals surface area contributed by atoms with Crippen LogP contribution < -0.4 is 10.5 Å². The molecule has 0 aliphatic carbocycles. The maximum absolute atomic E-state index is 10.6. The van der Waals surface area contributed by atoms with Crippen LogP contribution in [0.2, 0.25) is 0 Å². The zero-order valence-electron chi connectivity index (χ0n) is 10.2. The predicted octanol–water partition coefficient (Wildman–Crippen LogP) is 2.75. The molecule has 0 saturated heterocycles. The van der Waals surface area contributed by atoms with Crippen molar-refractivity contribution in [1.82, 2.24) is 0 Å². The SMILES string of the molecule is CCCCCOc1cccc(/C=C\C(N)=O)c1. The molecule has 92 valence electrons. The van der Waals surface area contributed by atoms with Crippen LogP contribution in [0, 0.1) is 0 Å². The summed E-state index contributed by atoms with van der Waals surface area (Å²) >= 11 is 0. The predicted molar refractivity (Wildman–Crippen MR) is 69.7 cm³/mol. The number of hydrogen-bond acceptors (Lipinski definition) is 2. The van der Waals surface area contributed by atoms with E-state index in [-0.39, 0.29) is 0 Å². The Hall–Kier alpha value is -1.77. The number of carbonyl (C=O) groups excluding carboxylic acids is 1. The first kappa shape index (κ1) is 13.3. The number of benzene rings is 1. The van der Waals surface area contributed by atoms with Gasteiger partial charge < -0.3 is 10.5 Å². The van der Waals surface area contributed by atoms with Crippen LogP contribution in [0.4, 0.5) is 0 Å². The summed E-state index contributed by atoms with van der Waals surface area (Å²) in [5.74, 6) is 0.381. The van der Waals surface area contributed by atoms with Crippen LogP contribution in [0.1, 0.15) is 31.7 Å². The third-order valence-electron chi connectivity index (χ3n) is 2.31. The van der Waals surface area contributed by atoms with Gasteiger partial charge in [0.2, 0.25) is 5.91 Å². The summed E-state index contributed by atoms with van der Waals surface area (Å²) in [4.78, 5) is 10.6. The lowest BCUT2D eigenvalue weighted by atomic mass is 10.2. The van der Waals surface area contributed by atoms with Crippen LogP contribution in [0.15, 0.2) is 30.3 Å². The molecule has 0 aliphatic rings. The summed E-state index contributed by atoms with van der Waals surface area (Å²) in [6, 6.07) is 7.60. The molecule has 0 saturated carbocycles. The van der Waals surface area contributed by atoms with Gasteiger partial charge in [-0.15, -0.1) is 0 Å². The molecule has 1 aromatic rings. The quantitative estimate of drug-likeness (QED) is 0.581. The fourth-order valence-corrected chi connectivity index (χ4v) is 1.43. The van der Waals surface area contributed by atoms with E-state index in [0.29, 0.717) is 0 Å². The Morgan fingerprint density at radius 1 is 1.41 bits per heavy atom. The van der Waals surface area contributed by atoms with Gasteiger partial charge in [-0.2, -0.15) is 0 Å². The fourth-order valence-electron chi connectivity index (χ4n) is 1.43. The number of rotatable bonds is 7. The van der Waals surface area contributed by atoms with Crippen molar-refractivity contribution >= 4 is 12.0 Å². The minimum atomic E-state index is -0.445. The molecule has 3 nitrogen and oxygen atoms in total. The second-order valence-corrected chi connectivity index (χ2v) is 3.86.